The maximum atomic E-state index is 13.3. The molecule has 9 heteroatoms. The molecule has 0 radical (unpaired) electrons. The lowest BCUT2D eigenvalue weighted by atomic mass is 10.2. The van der Waals surface area contributed by atoms with Crippen molar-refractivity contribution in [3.63, 3.8) is 0 Å². The predicted molar refractivity (Wildman–Crippen MR) is 104 cm³/mol. The lowest BCUT2D eigenvalue weighted by Gasteiger charge is -2.12. The van der Waals surface area contributed by atoms with Gasteiger partial charge >= 0.3 is 0 Å². The second kappa shape index (κ2) is 7.40. The molecule has 0 spiro atoms. The van der Waals surface area contributed by atoms with Crippen molar-refractivity contribution in [2.75, 3.05) is 13.0 Å². The lowest BCUT2D eigenvalue weighted by Crippen LogP contribution is -2.24. The Bertz CT molecular complexity index is 1190. The number of methoxy groups -OCH3 is 1. The Balaban J connectivity index is 1.96. The van der Waals surface area contributed by atoms with Gasteiger partial charge in [0.2, 0.25) is 5.88 Å². The molecule has 4 aromatic rings. The Kier molecular flexibility index (Phi) is 4.79. The number of aromatic nitrogens is 5. The largest absolute Gasteiger partial charge is 0.481 e. The van der Waals surface area contributed by atoms with E-state index in [2.05, 4.69) is 15.1 Å². The second-order valence-corrected chi connectivity index (χ2v) is 6.32. The number of hydrogen-bond donors (Lipinski definition) is 0. The molecule has 0 aliphatic rings. The first-order valence-corrected chi connectivity index (χ1v) is 8.96. The Labute approximate surface area is 164 Å². The maximum absolute atomic E-state index is 13.3. The monoisotopic (exact) mass is 399 g/mol. The van der Waals surface area contributed by atoms with Gasteiger partial charge in [-0.25, -0.2) is 19.0 Å². The molecule has 142 valence electrons. The van der Waals surface area contributed by atoms with Crippen LogP contribution in [0.4, 0.5) is 4.39 Å². The van der Waals surface area contributed by atoms with E-state index >= 15 is 0 Å². The summed E-state index contributed by atoms with van der Waals surface area (Å²) in [5.41, 5.74) is 1.34. The van der Waals surface area contributed by atoms with Crippen LogP contribution in [0.25, 0.3) is 28.1 Å². The maximum Gasteiger partial charge on any atom is 0.264 e. The standard InChI is InChI=1S/C19H15ClFN5O2/c1-28-16-7-2-12(10-22-16)17-24-18-15(19(27)25(17)9-8-20)11-23-26(18)14-5-3-13(21)4-6-14/h2-7,10-11H,8-9H2,1H3. The Morgan fingerprint density at radius 1 is 1.14 bits per heavy atom. The Morgan fingerprint density at radius 2 is 1.93 bits per heavy atom. The number of ether oxygens (including phenoxy) is 1. The van der Waals surface area contributed by atoms with Crippen LogP contribution in [0.2, 0.25) is 0 Å². The molecular weight excluding hydrogens is 385 g/mol. The van der Waals surface area contributed by atoms with Gasteiger partial charge in [0.15, 0.2) is 5.65 Å². The van der Waals surface area contributed by atoms with Crippen LogP contribution in [0.15, 0.2) is 53.6 Å². The summed E-state index contributed by atoms with van der Waals surface area (Å²) in [6.45, 7) is 0.284. The van der Waals surface area contributed by atoms with Crippen molar-refractivity contribution in [1.29, 1.82) is 0 Å². The first-order valence-electron chi connectivity index (χ1n) is 8.43. The van der Waals surface area contributed by atoms with Crippen molar-refractivity contribution >= 4 is 22.6 Å². The molecule has 0 saturated carbocycles. The topological polar surface area (TPSA) is 74.8 Å². The van der Waals surface area contributed by atoms with E-state index in [-0.39, 0.29) is 23.8 Å². The lowest BCUT2D eigenvalue weighted by molar-refractivity contribution is 0.398. The molecule has 0 atom stereocenters. The van der Waals surface area contributed by atoms with E-state index in [4.69, 9.17) is 16.3 Å². The molecule has 1 aromatic carbocycles. The number of fused-ring (bicyclic) bond motifs is 1. The highest BCUT2D eigenvalue weighted by molar-refractivity contribution is 6.17. The molecule has 3 aromatic heterocycles. The highest BCUT2D eigenvalue weighted by Crippen LogP contribution is 2.22. The van der Waals surface area contributed by atoms with Crippen LogP contribution >= 0.6 is 11.6 Å². The molecular formula is C19H15ClFN5O2. The molecule has 4 rings (SSSR count). The van der Waals surface area contributed by atoms with Crippen molar-refractivity contribution in [1.82, 2.24) is 24.3 Å². The number of halogens is 2. The number of benzene rings is 1. The average Bonchev–Trinajstić information content (AvgIpc) is 3.15. The van der Waals surface area contributed by atoms with Crippen molar-refractivity contribution in [3.8, 4) is 23.0 Å². The number of nitrogens with zero attached hydrogens (tertiary/aromatic N) is 5. The van der Waals surface area contributed by atoms with Crippen LogP contribution < -0.4 is 10.3 Å². The number of hydrogen-bond acceptors (Lipinski definition) is 5. The zero-order valence-electron chi connectivity index (χ0n) is 14.8. The fourth-order valence-electron chi connectivity index (χ4n) is 2.92. The van der Waals surface area contributed by atoms with E-state index in [9.17, 15) is 9.18 Å². The minimum Gasteiger partial charge on any atom is -0.481 e. The minimum atomic E-state index is -0.359. The number of pyridine rings is 1. The summed E-state index contributed by atoms with van der Waals surface area (Å²) in [4.78, 5) is 21.9. The number of rotatable bonds is 5. The smallest absolute Gasteiger partial charge is 0.264 e. The summed E-state index contributed by atoms with van der Waals surface area (Å²) < 4.78 is 21.3. The highest BCUT2D eigenvalue weighted by atomic mass is 35.5. The van der Waals surface area contributed by atoms with Crippen LogP contribution in [0.3, 0.4) is 0 Å². The molecule has 0 fully saturated rings. The van der Waals surface area contributed by atoms with Gasteiger partial charge in [-0.3, -0.25) is 9.36 Å². The van der Waals surface area contributed by atoms with Gasteiger partial charge in [0.05, 0.1) is 19.0 Å². The molecule has 0 unspecified atom stereocenters. The van der Waals surface area contributed by atoms with E-state index in [0.29, 0.717) is 34.0 Å². The van der Waals surface area contributed by atoms with Crippen LogP contribution in [0, 0.1) is 5.82 Å². The van der Waals surface area contributed by atoms with Crippen molar-refractivity contribution < 1.29 is 9.13 Å². The molecule has 0 amide bonds. The summed E-state index contributed by atoms with van der Waals surface area (Å²) in [5.74, 6) is 0.752. The molecule has 0 aliphatic heterocycles. The molecule has 0 saturated heterocycles. The second-order valence-electron chi connectivity index (χ2n) is 5.94. The van der Waals surface area contributed by atoms with Crippen LogP contribution in [0.5, 0.6) is 5.88 Å². The third-order valence-electron chi connectivity index (χ3n) is 4.27. The van der Waals surface area contributed by atoms with Gasteiger partial charge in [-0.2, -0.15) is 5.10 Å². The van der Waals surface area contributed by atoms with Gasteiger partial charge < -0.3 is 4.74 Å². The fourth-order valence-corrected chi connectivity index (χ4v) is 3.09. The van der Waals surface area contributed by atoms with E-state index in [0.717, 1.165) is 0 Å². The molecule has 0 N–H and O–H groups in total. The zero-order chi connectivity index (χ0) is 19.7. The van der Waals surface area contributed by atoms with Crippen LogP contribution in [0.1, 0.15) is 0 Å². The van der Waals surface area contributed by atoms with Gasteiger partial charge in [-0.15, -0.1) is 11.6 Å². The van der Waals surface area contributed by atoms with Crippen molar-refractivity contribution in [2.24, 2.45) is 0 Å². The number of alkyl halides is 1. The van der Waals surface area contributed by atoms with Gasteiger partial charge in [-0.1, -0.05) is 0 Å². The third kappa shape index (κ3) is 3.11. The van der Waals surface area contributed by atoms with Crippen molar-refractivity contribution in [2.45, 2.75) is 6.54 Å². The van der Waals surface area contributed by atoms with Gasteiger partial charge in [0.25, 0.3) is 5.56 Å². The molecule has 0 bridgehead atoms. The summed E-state index contributed by atoms with van der Waals surface area (Å²) in [7, 11) is 1.52. The Morgan fingerprint density at radius 3 is 2.57 bits per heavy atom. The summed E-state index contributed by atoms with van der Waals surface area (Å²) in [6, 6.07) is 9.25. The van der Waals surface area contributed by atoms with Crippen molar-refractivity contribution in [3.05, 3.63) is 65.0 Å². The van der Waals surface area contributed by atoms with Gasteiger partial charge in [0, 0.05) is 30.3 Å². The SMILES string of the molecule is COc1ccc(-c2nc3c(cnn3-c3ccc(F)cc3)c(=O)n2CCCl)cn1. The highest BCUT2D eigenvalue weighted by Gasteiger charge is 2.17. The van der Waals surface area contributed by atoms with E-state index < -0.39 is 0 Å². The average molecular weight is 400 g/mol. The third-order valence-corrected chi connectivity index (χ3v) is 4.44. The zero-order valence-corrected chi connectivity index (χ0v) is 15.6. The van der Waals surface area contributed by atoms with E-state index in [1.807, 2.05) is 0 Å². The van der Waals surface area contributed by atoms with Crippen LogP contribution in [-0.4, -0.2) is 37.3 Å². The van der Waals surface area contributed by atoms with Gasteiger partial charge in [-0.05, 0) is 30.3 Å². The minimum absolute atomic E-state index is 0.246. The first-order chi connectivity index (χ1) is 13.6. The van der Waals surface area contributed by atoms with E-state index in [1.165, 1.54) is 34.7 Å². The van der Waals surface area contributed by atoms with Crippen LogP contribution in [-0.2, 0) is 6.54 Å². The van der Waals surface area contributed by atoms with E-state index in [1.54, 1.807) is 30.5 Å². The summed E-state index contributed by atoms with van der Waals surface area (Å²) >= 11 is 5.90. The molecule has 28 heavy (non-hydrogen) atoms. The summed E-state index contributed by atoms with van der Waals surface area (Å²) in [6.07, 6.45) is 3.03. The summed E-state index contributed by atoms with van der Waals surface area (Å²) in [5, 5.41) is 4.62. The molecule has 7 nitrogen and oxygen atoms in total. The molecule has 0 aliphatic carbocycles. The first kappa shape index (κ1) is 18.1. The molecule has 3 heterocycles. The normalized spacial score (nSPS) is 11.1. The quantitative estimate of drug-likeness (QED) is 0.482. The predicted octanol–water partition coefficient (Wildman–Crippen LogP) is 3.03. The van der Waals surface area contributed by atoms with Gasteiger partial charge in [0.1, 0.15) is 17.0 Å². The Hall–Kier alpha value is -3.26. The fraction of sp³-hybridized carbons (Fsp3) is 0.158.